The van der Waals surface area contributed by atoms with Gasteiger partial charge in [-0.15, -0.1) is 0 Å². The molecule has 0 aliphatic carbocycles. The maximum Gasteiger partial charge on any atom is 0.342 e. The Morgan fingerprint density at radius 3 is 2.41 bits per heavy atom. The molecule has 0 radical (unpaired) electrons. The maximum atomic E-state index is 12.9. The number of ether oxygens (including phenoxy) is 1. The second-order valence-electron chi connectivity index (χ2n) is 7.97. The van der Waals surface area contributed by atoms with Gasteiger partial charge >= 0.3 is 16.1 Å². The fourth-order valence-electron chi connectivity index (χ4n) is 3.76. The summed E-state index contributed by atoms with van der Waals surface area (Å²) in [5, 5.41) is 0.740. The van der Waals surface area contributed by atoms with E-state index in [-0.39, 0.29) is 22.0 Å². The summed E-state index contributed by atoms with van der Waals surface area (Å²) < 4.78 is 36.4. The molecule has 1 heterocycles. The lowest BCUT2D eigenvalue weighted by molar-refractivity contribution is 0.0473. The van der Waals surface area contributed by atoms with Gasteiger partial charge in [0.05, 0.1) is 0 Å². The van der Waals surface area contributed by atoms with Crippen LogP contribution in [0.4, 0.5) is 0 Å². The van der Waals surface area contributed by atoms with Gasteiger partial charge in [-0.3, -0.25) is 4.79 Å². The molecule has 1 N–H and O–H groups in total. The smallest absolute Gasteiger partial charge is 0.342 e. The number of ketones is 1. The van der Waals surface area contributed by atoms with Crippen LogP contribution in [-0.2, 0) is 14.9 Å². The van der Waals surface area contributed by atoms with Gasteiger partial charge in [0.2, 0.25) is 5.78 Å². The average Bonchev–Trinajstić information content (AvgIpc) is 3.14. The van der Waals surface area contributed by atoms with Gasteiger partial charge in [0.25, 0.3) is 0 Å². The van der Waals surface area contributed by atoms with Crippen LogP contribution in [0.15, 0.2) is 71.6 Å². The largest absolute Gasteiger partial charge is 0.454 e. The van der Waals surface area contributed by atoms with E-state index in [1.807, 2.05) is 24.3 Å². The summed E-state index contributed by atoms with van der Waals surface area (Å²) in [6, 6.07) is 18.2. The SMILES string of the molecule is Cc1ccc(C)c(S(=O)(=O)Oc2ccccc2C(=O)OCC(=O)c2c(C)[nH]c3ccccc23)c1. The van der Waals surface area contributed by atoms with Gasteiger partial charge in [-0.2, -0.15) is 8.42 Å². The summed E-state index contributed by atoms with van der Waals surface area (Å²) in [6.45, 7) is 4.71. The van der Waals surface area contributed by atoms with E-state index < -0.39 is 22.7 Å². The van der Waals surface area contributed by atoms with Crippen molar-refractivity contribution in [2.24, 2.45) is 0 Å². The third-order valence-electron chi connectivity index (χ3n) is 5.43. The summed E-state index contributed by atoms with van der Waals surface area (Å²) in [5.74, 6) is -1.41. The number of carbonyl (C=O) groups is 2. The van der Waals surface area contributed by atoms with Gasteiger partial charge in [-0.25, -0.2) is 4.79 Å². The van der Waals surface area contributed by atoms with Gasteiger partial charge < -0.3 is 13.9 Å². The molecule has 0 unspecified atom stereocenters. The molecule has 4 rings (SSSR count). The van der Waals surface area contributed by atoms with E-state index in [1.54, 1.807) is 45.0 Å². The molecular weight excluding hydrogens is 454 g/mol. The van der Waals surface area contributed by atoms with Crippen molar-refractivity contribution >= 4 is 32.8 Å². The van der Waals surface area contributed by atoms with Gasteiger partial charge in [0, 0.05) is 22.2 Å². The highest BCUT2D eigenvalue weighted by molar-refractivity contribution is 7.87. The number of para-hydroxylation sites is 2. The van der Waals surface area contributed by atoms with E-state index in [1.165, 1.54) is 18.2 Å². The minimum Gasteiger partial charge on any atom is -0.454 e. The van der Waals surface area contributed by atoms with Crippen molar-refractivity contribution < 1.29 is 26.9 Å². The topological polar surface area (TPSA) is 103 Å². The minimum absolute atomic E-state index is 0.0145. The number of hydrogen-bond donors (Lipinski definition) is 1. The zero-order valence-corrected chi connectivity index (χ0v) is 19.7. The normalized spacial score (nSPS) is 11.4. The molecule has 0 aliphatic rings. The number of aryl methyl sites for hydroxylation is 3. The quantitative estimate of drug-likeness (QED) is 0.231. The fourth-order valence-corrected chi connectivity index (χ4v) is 5.03. The molecule has 0 saturated heterocycles. The van der Waals surface area contributed by atoms with E-state index >= 15 is 0 Å². The molecule has 174 valence electrons. The molecule has 3 aromatic carbocycles. The lowest BCUT2D eigenvalue weighted by Gasteiger charge is -2.13. The number of esters is 1. The highest BCUT2D eigenvalue weighted by atomic mass is 32.2. The lowest BCUT2D eigenvalue weighted by Crippen LogP contribution is -2.17. The number of fused-ring (bicyclic) bond motifs is 1. The Balaban J connectivity index is 1.54. The third kappa shape index (κ3) is 4.58. The summed E-state index contributed by atoms with van der Waals surface area (Å²) in [6.07, 6.45) is 0. The third-order valence-corrected chi connectivity index (χ3v) is 6.80. The molecule has 34 heavy (non-hydrogen) atoms. The van der Waals surface area contributed by atoms with Crippen molar-refractivity contribution in [3.05, 3.63) is 94.7 Å². The van der Waals surface area contributed by atoms with Crippen molar-refractivity contribution in [3.8, 4) is 5.75 Å². The molecule has 0 saturated carbocycles. The Morgan fingerprint density at radius 1 is 0.912 bits per heavy atom. The number of Topliss-reactive ketones (excluding diaryl/α,β-unsaturated/α-hetero) is 1. The van der Waals surface area contributed by atoms with Crippen LogP contribution in [0.3, 0.4) is 0 Å². The first-order valence-corrected chi connectivity index (χ1v) is 12.0. The molecule has 0 fully saturated rings. The molecule has 0 bridgehead atoms. The Hall–Kier alpha value is -3.91. The predicted molar refractivity (Wildman–Crippen MR) is 128 cm³/mol. The van der Waals surface area contributed by atoms with E-state index in [2.05, 4.69) is 4.98 Å². The highest BCUT2D eigenvalue weighted by Gasteiger charge is 2.24. The van der Waals surface area contributed by atoms with Crippen LogP contribution in [0.25, 0.3) is 10.9 Å². The zero-order chi connectivity index (χ0) is 24.5. The molecule has 0 spiro atoms. The summed E-state index contributed by atoms with van der Waals surface area (Å²) >= 11 is 0. The number of nitrogens with one attached hydrogen (secondary N) is 1. The summed E-state index contributed by atoms with van der Waals surface area (Å²) in [4.78, 5) is 28.7. The van der Waals surface area contributed by atoms with Crippen LogP contribution in [0.2, 0.25) is 0 Å². The second-order valence-corrected chi connectivity index (χ2v) is 9.49. The zero-order valence-electron chi connectivity index (χ0n) is 18.9. The van der Waals surface area contributed by atoms with Crippen LogP contribution in [0, 0.1) is 20.8 Å². The Labute approximate surface area is 197 Å². The molecule has 0 aliphatic heterocycles. The van der Waals surface area contributed by atoms with E-state index in [0.717, 1.165) is 16.5 Å². The second kappa shape index (κ2) is 9.15. The Morgan fingerprint density at radius 2 is 1.62 bits per heavy atom. The first-order valence-electron chi connectivity index (χ1n) is 10.6. The van der Waals surface area contributed by atoms with Gasteiger partial charge in [-0.1, -0.05) is 42.5 Å². The van der Waals surface area contributed by atoms with Crippen molar-refractivity contribution in [1.29, 1.82) is 0 Å². The number of aromatic amines is 1. The highest BCUT2D eigenvalue weighted by Crippen LogP contribution is 2.27. The van der Waals surface area contributed by atoms with Crippen molar-refractivity contribution in [2.45, 2.75) is 25.7 Å². The van der Waals surface area contributed by atoms with E-state index in [0.29, 0.717) is 16.8 Å². The van der Waals surface area contributed by atoms with E-state index in [9.17, 15) is 18.0 Å². The molecule has 1 aromatic heterocycles. The molecular formula is C26H23NO6S. The van der Waals surface area contributed by atoms with Crippen molar-refractivity contribution in [2.75, 3.05) is 6.61 Å². The van der Waals surface area contributed by atoms with Crippen molar-refractivity contribution in [3.63, 3.8) is 0 Å². The first-order chi connectivity index (χ1) is 16.2. The van der Waals surface area contributed by atoms with E-state index in [4.69, 9.17) is 8.92 Å². The number of H-pyrrole nitrogens is 1. The van der Waals surface area contributed by atoms with Gasteiger partial charge in [0.1, 0.15) is 10.5 Å². The molecule has 7 nitrogen and oxygen atoms in total. The molecule has 0 amide bonds. The molecule has 8 heteroatoms. The number of carbonyl (C=O) groups excluding carboxylic acids is 2. The van der Waals surface area contributed by atoms with Crippen LogP contribution < -0.4 is 4.18 Å². The van der Waals surface area contributed by atoms with Gasteiger partial charge in [0.15, 0.2) is 12.4 Å². The number of hydrogen-bond acceptors (Lipinski definition) is 6. The van der Waals surface area contributed by atoms with Crippen LogP contribution in [-0.4, -0.2) is 31.8 Å². The number of rotatable bonds is 7. The summed E-state index contributed by atoms with van der Waals surface area (Å²) in [5.41, 5.74) is 3.11. The van der Waals surface area contributed by atoms with Crippen LogP contribution in [0.1, 0.15) is 37.5 Å². The minimum atomic E-state index is -4.20. The molecule has 0 atom stereocenters. The van der Waals surface area contributed by atoms with Crippen LogP contribution in [0.5, 0.6) is 5.75 Å². The van der Waals surface area contributed by atoms with Gasteiger partial charge in [-0.05, 0) is 56.2 Å². The Kier molecular flexibility index (Phi) is 6.26. The van der Waals surface area contributed by atoms with Crippen molar-refractivity contribution in [1.82, 2.24) is 4.98 Å². The number of aromatic nitrogens is 1. The summed E-state index contributed by atoms with van der Waals surface area (Å²) in [7, 11) is -4.20. The maximum absolute atomic E-state index is 12.9. The monoisotopic (exact) mass is 477 g/mol. The van der Waals surface area contributed by atoms with Crippen LogP contribution >= 0.6 is 0 Å². The Bertz CT molecular complexity index is 1520. The predicted octanol–water partition coefficient (Wildman–Crippen LogP) is 4.90. The lowest BCUT2D eigenvalue weighted by atomic mass is 10.1. The number of benzene rings is 3. The first kappa shape index (κ1) is 23.3. The molecule has 4 aromatic rings. The fraction of sp³-hybridized carbons (Fsp3) is 0.154. The standard InChI is InChI=1S/C26H23NO6S/c1-16-12-13-17(2)24(14-16)34(30,31)33-23-11-7-5-9-20(23)26(29)32-15-22(28)25-18(3)27-21-10-6-4-8-19(21)25/h4-14,27H,15H2,1-3H3. The average molecular weight is 478 g/mol.